The highest BCUT2D eigenvalue weighted by molar-refractivity contribution is 9.10. The molecular weight excluding hydrogens is 308 g/mol. The average molecular weight is 321 g/mol. The van der Waals surface area contributed by atoms with Crippen LogP contribution in [0.1, 0.15) is 15.9 Å². The molecule has 0 saturated heterocycles. The van der Waals surface area contributed by atoms with E-state index in [0.29, 0.717) is 21.4 Å². The van der Waals surface area contributed by atoms with Gasteiger partial charge >= 0.3 is 0 Å². The summed E-state index contributed by atoms with van der Waals surface area (Å²) >= 11 is 3.30. The van der Waals surface area contributed by atoms with Crippen LogP contribution in [-0.2, 0) is 0 Å². The van der Waals surface area contributed by atoms with Gasteiger partial charge in [0.2, 0.25) is 0 Å². The lowest BCUT2D eigenvalue weighted by molar-refractivity contribution is 0.102. The van der Waals surface area contributed by atoms with Crippen LogP contribution in [0.25, 0.3) is 0 Å². The van der Waals surface area contributed by atoms with Gasteiger partial charge < -0.3 is 16.2 Å². The summed E-state index contributed by atoms with van der Waals surface area (Å²) in [4.78, 5) is 12.1. The van der Waals surface area contributed by atoms with Crippen molar-refractivity contribution in [2.75, 3.05) is 11.1 Å². The first-order chi connectivity index (χ1) is 8.97. The van der Waals surface area contributed by atoms with Gasteiger partial charge in [0.05, 0.1) is 11.3 Å². The Kier molecular flexibility index (Phi) is 3.76. The fourth-order valence-electron chi connectivity index (χ4n) is 1.66. The average Bonchev–Trinajstić information content (AvgIpc) is 2.36. The van der Waals surface area contributed by atoms with Crippen LogP contribution in [0.5, 0.6) is 5.75 Å². The van der Waals surface area contributed by atoms with Crippen LogP contribution in [0.4, 0.5) is 11.4 Å². The number of phenols is 1. The smallest absolute Gasteiger partial charge is 0.256 e. The van der Waals surface area contributed by atoms with Gasteiger partial charge in [0.25, 0.3) is 5.91 Å². The third-order valence-electron chi connectivity index (χ3n) is 2.64. The van der Waals surface area contributed by atoms with Gasteiger partial charge in [0.1, 0.15) is 5.75 Å². The Hall–Kier alpha value is -2.01. The normalized spacial score (nSPS) is 10.2. The van der Waals surface area contributed by atoms with Crippen molar-refractivity contribution < 1.29 is 9.90 Å². The number of amides is 1. The van der Waals surface area contributed by atoms with Crippen molar-refractivity contribution >= 4 is 33.2 Å². The zero-order valence-electron chi connectivity index (χ0n) is 10.3. The monoisotopic (exact) mass is 320 g/mol. The molecule has 0 fully saturated rings. The molecule has 0 bridgehead atoms. The SMILES string of the molecule is Cc1ccc(O)c(NC(=O)c2cc(N)ccc2Br)c1. The third-order valence-corrected chi connectivity index (χ3v) is 3.33. The lowest BCUT2D eigenvalue weighted by atomic mass is 10.1. The van der Waals surface area contributed by atoms with E-state index in [-0.39, 0.29) is 11.7 Å². The molecule has 5 heteroatoms. The van der Waals surface area contributed by atoms with Crippen molar-refractivity contribution in [2.24, 2.45) is 0 Å². The highest BCUT2D eigenvalue weighted by Crippen LogP contribution is 2.26. The maximum absolute atomic E-state index is 12.1. The van der Waals surface area contributed by atoms with Gasteiger partial charge in [0, 0.05) is 10.2 Å². The Morgan fingerprint density at radius 1 is 1.26 bits per heavy atom. The molecule has 4 N–H and O–H groups in total. The van der Waals surface area contributed by atoms with Crippen LogP contribution in [-0.4, -0.2) is 11.0 Å². The maximum atomic E-state index is 12.1. The van der Waals surface area contributed by atoms with E-state index in [2.05, 4.69) is 21.2 Å². The fourth-order valence-corrected chi connectivity index (χ4v) is 2.08. The minimum absolute atomic E-state index is 0.0268. The maximum Gasteiger partial charge on any atom is 0.256 e. The molecule has 0 heterocycles. The Balaban J connectivity index is 2.30. The standard InChI is InChI=1S/C14H13BrN2O2/c1-8-2-5-13(18)12(6-8)17-14(19)10-7-9(16)3-4-11(10)15/h2-7,18H,16H2,1H3,(H,17,19). The Morgan fingerprint density at radius 3 is 2.74 bits per heavy atom. The zero-order chi connectivity index (χ0) is 14.0. The molecule has 4 nitrogen and oxygen atoms in total. The minimum Gasteiger partial charge on any atom is -0.506 e. The summed E-state index contributed by atoms with van der Waals surface area (Å²) in [5.41, 5.74) is 7.90. The highest BCUT2D eigenvalue weighted by Gasteiger charge is 2.12. The molecule has 0 unspecified atom stereocenters. The molecule has 0 atom stereocenters. The van der Waals surface area contributed by atoms with E-state index in [9.17, 15) is 9.90 Å². The molecule has 19 heavy (non-hydrogen) atoms. The summed E-state index contributed by atoms with van der Waals surface area (Å²) in [6.07, 6.45) is 0. The molecule has 0 aliphatic rings. The highest BCUT2D eigenvalue weighted by atomic mass is 79.9. The first-order valence-corrected chi connectivity index (χ1v) is 6.42. The molecule has 0 saturated carbocycles. The lowest BCUT2D eigenvalue weighted by Gasteiger charge is -2.10. The number of aryl methyl sites for hydroxylation is 1. The van der Waals surface area contributed by atoms with Crippen LogP contribution >= 0.6 is 15.9 Å². The van der Waals surface area contributed by atoms with Crippen LogP contribution in [0.15, 0.2) is 40.9 Å². The minimum atomic E-state index is -0.333. The van der Waals surface area contributed by atoms with Crippen molar-refractivity contribution in [3.8, 4) is 5.75 Å². The van der Waals surface area contributed by atoms with Gasteiger partial charge in [0.15, 0.2) is 0 Å². The molecule has 2 aromatic carbocycles. The second-order valence-electron chi connectivity index (χ2n) is 4.21. The van der Waals surface area contributed by atoms with Crippen LogP contribution in [0.3, 0.4) is 0 Å². The van der Waals surface area contributed by atoms with Gasteiger partial charge in [-0.2, -0.15) is 0 Å². The predicted molar refractivity (Wildman–Crippen MR) is 79.4 cm³/mol. The van der Waals surface area contributed by atoms with Crippen LogP contribution in [0.2, 0.25) is 0 Å². The van der Waals surface area contributed by atoms with Crippen molar-refractivity contribution in [2.45, 2.75) is 6.92 Å². The first kappa shape index (κ1) is 13.4. The van der Waals surface area contributed by atoms with E-state index in [0.717, 1.165) is 5.56 Å². The van der Waals surface area contributed by atoms with Crippen molar-refractivity contribution in [3.63, 3.8) is 0 Å². The number of aromatic hydroxyl groups is 1. The molecule has 1 amide bonds. The number of carbonyl (C=O) groups excluding carboxylic acids is 1. The summed E-state index contributed by atoms with van der Waals surface area (Å²) in [6, 6.07) is 9.99. The number of rotatable bonds is 2. The van der Waals surface area contributed by atoms with Crippen molar-refractivity contribution in [1.82, 2.24) is 0 Å². The van der Waals surface area contributed by atoms with E-state index in [1.54, 1.807) is 36.4 Å². The number of hydrogen-bond acceptors (Lipinski definition) is 3. The number of benzene rings is 2. The summed E-state index contributed by atoms with van der Waals surface area (Å²) in [6.45, 7) is 1.88. The van der Waals surface area contributed by atoms with Gasteiger partial charge in [-0.1, -0.05) is 6.07 Å². The Morgan fingerprint density at radius 2 is 2.00 bits per heavy atom. The number of carbonyl (C=O) groups is 1. The van der Waals surface area contributed by atoms with Gasteiger partial charge in [-0.3, -0.25) is 4.79 Å². The zero-order valence-corrected chi connectivity index (χ0v) is 11.9. The van der Waals surface area contributed by atoms with Crippen molar-refractivity contribution in [1.29, 1.82) is 0 Å². The molecule has 98 valence electrons. The summed E-state index contributed by atoms with van der Waals surface area (Å²) in [5, 5.41) is 12.4. The van der Waals surface area contributed by atoms with E-state index in [1.807, 2.05) is 6.92 Å². The topological polar surface area (TPSA) is 75.3 Å². The van der Waals surface area contributed by atoms with Crippen LogP contribution < -0.4 is 11.1 Å². The number of halogens is 1. The van der Waals surface area contributed by atoms with E-state index in [1.165, 1.54) is 0 Å². The van der Waals surface area contributed by atoms with Gasteiger partial charge in [-0.15, -0.1) is 0 Å². The number of phenolic OH excluding ortho intramolecular Hbond substituents is 1. The molecule has 0 spiro atoms. The summed E-state index contributed by atoms with van der Waals surface area (Å²) < 4.78 is 0.645. The van der Waals surface area contributed by atoms with E-state index < -0.39 is 0 Å². The molecule has 2 rings (SSSR count). The molecule has 0 aliphatic carbocycles. The van der Waals surface area contributed by atoms with Crippen molar-refractivity contribution in [3.05, 3.63) is 52.0 Å². The molecule has 2 aromatic rings. The number of nitrogen functional groups attached to an aromatic ring is 1. The number of anilines is 2. The van der Waals surface area contributed by atoms with E-state index in [4.69, 9.17) is 5.73 Å². The largest absolute Gasteiger partial charge is 0.506 e. The first-order valence-electron chi connectivity index (χ1n) is 5.63. The molecular formula is C14H13BrN2O2. The second-order valence-corrected chi connectivity index (χ2v) is 5.07. The molecule has 0 radical (unpaired) electrons. The summed E-state index contributed by atoms with van der Waals surface area (Å²) in [5.74, 6) is -0.306. The quantitative estimate of drug-likeness (QED) is 0.587. The Labute approximate surface area is 119 Å². The Bertz CT molecular complexity index is 641. The summed E-state index contributed by atoms with van der Waals surface area (Å²) in [7, 11) is 0. The van der Waals surface area contributed by atoms with Crippen LogP contribution in [0, 0.1) is 6.92 Å². The lowest BCUT2D eigenvalue weighted by Crippen LogP contribution is -2.13. The van der Waals surface area contributed by atoms with Gasteiger partial charge in [-0.05, 0) is 58.7 Å². The third kappa shape index (κ3) is 3.06. The second kappa shape index (κ2) is 5.32. The number of nitrogens with one attached hydrogen (secondary N) is 1. The molecule has 0 aromatic heterocycles. The van der Waals surface area contributed by atoms with Gasteiger partial charge in [-0.25, -0.2) is 0 Å². The predicted octanol–water partition coefficient (Wildman–Crippen LogP) is 3.30. The number of nitrogens with two attached hydrogens (primary N) is 1. The fraction of sp³-hybridized carbons (Fsp3) is 0.0714. The number of hydrogen-bond donors (Lipinski definition) is 3. The molecule has 0 aliphatic heterocycles. The van der Waals surface area contributed by atoms with E-state index >= 15 is 0 Å².